The molecule has 20 nitrogen and oxygen atoms in total. The Morgan fingerprint density at radius 2 is 1.85 bits per heavy atom. The standard InChI is InChI=1S/C37H39Cl2N4O16P/c1-17-20(8-32(56-17)57-18(2)44)15-54-60(51,52)55-16-30-28(59-41-13-24-25(38)10-29(53-3)34(47)33(24)39)11-31(58-30)43-14-21(35(48)42-37(43)50)12-40-36(49)23-9-22-19(7-27(23)46)5-4-6-26(22)45/h4-7,9-10,13-14,17,20,28,30-32,45-47H,8,11-12,15-16H2,1-3H3,(H,40,49)(H,51,52)(H,42,48,50)/p-1/b41-13+/t17-,20+,28-,30-,31-,32+/m1/s1. The Morgan fingerprint density at radius 3 is 2.58 bits per heavy atom. The fraction of sp³-hybridized carbons (Fsp3) is 0.378. The molecule has 3 aromatic carbocycles. The molecule has 1 amide bonds. The van der Waals surface area contributed by atoms with Crippen LogP contribution in [0.2, 0.25) is 10.0 Å². The number of aromatic hydroxyl groups is 3. The highest BCUT2D eigenvalue weighted by Crippen LogP contribution is 2.43. The zero-order valence-electron chi connectivity index (χ0n) is 31.9. The number of phenols is 3. The number of nitrogens with zero attached hydrogens (tertiary/aromatic N) is 2. The lowest BCUT2D eigenvalue weighted by Gasteiger charge is -2.27. The smallest absolute Gasteiger partial charge is 0.330 e. The molecule has 4 aromatic rings. The Bertz CT molecular complexity index is 2480. The zero-order chi connectivity index (χ0) is 43.5. The Kier molecular flexibility index (Phi) is 13.8. The number of halogens is 2. The molecule has 60 heavy (non-hydrogen) atoms. The van der Waals surface area contributed by atoms with Crippen LogP contribution in [0.25, 0.3) is 10.8 Å². The van der Waals surface area contributed by atoms with Gasteiger partial charge in [0.05, 0.1) is 60.4 Å². The van der Waals surface area contributed by atoms with Gasteiger partial charge in [0.15, 0.2) is 17.6 Å². The number of hydrogen-bond donors (Lipinski definition) is 5. The summed E-state index contributed by atoms with van der Waals surface area (Å²) in [4.78, 5) is 71.1. The quantitative estimate of drug-likeness (QED) is 0.0494. The van der Waals surface area contributed by atoms with Crippen LogP contribution >= 0.6 is 31.0 Å². The lowest BCUT2D eigenvalue weighted by Crippen LogP contribution is -2.36. The largest absolute Gasteiger partial charge is 0.756 e. The van der Waals surface area contributed by atoms with Crippen molar-refractivity contribution in [1.82, 2.24) is 14.9 Å². The van der Waals surface area contributed by atoms with Gasteiger partial charge in [-0.25, -0.2) is 4.79 Å². The van der Waals surface area contributed by atoms with Gasteiger partial charge in [0.2, 0.25) is 6.29 Å². The second kappa shape index (κ2) is 18.6. The number of benzene rings is 3. The number of methoxy groups -OCH3 is 1. The SMILES string of the molecule is COc1cc(Cl)c(/C=N/O[C@@H]2C[C@H](n3cc(CNC(=O)c4cc5c(O)cccc5cc4O)c(=O)[nH]c3=O)O[C@@H]2COP(=O)([O-])OC[C@@H]2C[C@H](OC(C)=O)O[C@@H]2C)c(Cl)c1O. The number of phenolic OH excluding ortho intramolecular Hbond substituents is 3. The van der Waals surface area contributed by atoms with E-state index in [1.54, 1.807) is 19.1 Å². The number of fused-ring (bicyclic) bond motifs is 1. The van der Waals surface area contributed by atoms with Crippen molar-refractivity contribution in [2.24, 2.45) is 11.1 Å². The lowest BCUT2D eigenvalue weighted by atomic mass is 10.0. The second-order valence-corrected chi connectivity index (χ2v) is 15.9. The fourth-order valence-electron chi connectivity index (χ4n) is 6.48. The van der Waals surface area contributed by atoms with Crippen LogP contribution in [0.1, 0.15) is 54.4 Å². The van der Waals surface area contributed by atoms with Gasteiger partial charge in [-0.15, -0.1) is 0 Å². The van der Waals surface area contributed by atoms with Crippen molar-refractivity contribution in [2.75, 3.05) is 20.3 Å². The number of aromatic nitrogens is 2. The zero-order valence-corrected chi connectivity index (χ0v) is 34.3. The number of phosphoric acid groups is 1. The molecule has 7 atom stereocenters. The number of esters is 1. The molecular weight excluding hydrogens is 858 g/mol. The summed E-state index contributed by atoms with van der Waals surface area (Å²) < 4.78 is 45.8. The van der Waals surface area contributed by atoms with Gasteiger partial charge >= 0.3 is 11.7 Å². The van der Waals surface area contributed by atoms with Crippen molar-refractivity contribution < 1.29 is 67.2 Å². The van der Waals surface area contributed by atoms with E-state index >= 15 is 0 Å². The maximum absolute atomic E-state index is 13.1. The van der Waals surface area contributed by atoms with Crippen LogP contribution in [0.3, 0.4) is 0 Å². The van der Waals surface area contributed by atoms with Gasteiger partial charge < -0.3 is 58.4 Å². The first-order valence-corrected chi connectivity index (χ1v) is 20.3. The number of H-pyrrole nitrogens is 1. The minimum Gasteiger partial charge on any atom is -0.756 e. The third kappa shape index (κ3) is 10.2. The summed E-state index contributed by atoms with van der Waals surface area (Å²) in [5.74, 6) is -2.78. The van der Waals surface area contributed by atoms with E-state index in [4.69, 9.17) is 56.0 Å². The molecule has 0 saturated carbocycles. The van der Waals surface area contributed by atoms with E-state index in [0.29, 0.717) is 10.8 Å². The number of ether oxygens (including phenoxy) is 4. The van der Waals surface area contributed by atoms with Crippen molar-refractivity contribution in [2.45, 2.75) is 64.1 Å². The molecule has 23 heteroatoms. The van der Waals surface area contributed by atoms with E-state index in [0.717, 1.165) is 17.0 Å². The Balaban J connectivity index is 1.19. The molecule has 6 rings (SSSR count). The summed E-state index contributed by atoms with van der Waals surface area (Å²) in [6, 6.07) is 8.48. The minimum absolute atomic E-state index is 0.00638. The maximum atomic E-state index is 13.1. The molecular formula is C37H38Cl2N4O16P-. The summed E-state index contributed by atoms with van der Waals surface area (Å²) in [5.41, 5.74) is -2.06. The Labute approximate surface area is 349 Å². The van der Waals surface area contributed by atoms with Gasteiger partial charge in [-0.05, 0) is 30.5 Å². The summed E-state index contributed by atoms with van der Waals surface area (Å²) in [5, 5.41) is 38.1. The van der Waals surface area contributed by atoms with E-state index in [2.05, 4.69) is 15.5 Å². The number of rotatable bonds is 15. The number of carbonyl (C=O) groups excluding carboxylic acids is 2. The van der Waals surface area contributed by atoms with Crippen LogP contribution in [0.15, 0.2) is 57.3 Å². The molecule has 2 fully saturated rings. The molecule has 5 N–H and O–H groups in total. The average Bonchev–Trinajstić information content (AvgIpc) is 3.76. The molecule has 0 bridgehead atoms. The Morgan fingerprint density at radius 1 is 1.10 bits per heavy atom. The van der Waals surface area contributed by atoms with Crippen LogP contribution in [0, 0.1) is 5.92 Å². The fourth-order valence-corrected chi connectivity index (χ4v) is 7.80. The number of hydrogen-bond acceptors (Lipinski definition) is 17. The molecule has 0 radical (unpaired) electrons. The third-order valence-electron chi connectivity index (χ3n) is 9.65. The van der Waals surface area contributed by atoms with Crippen molar-refractivity contribution in [1.29, 1.82) is 0 Å². The molecule has 322 valence electrons. The van der Waals surface area contributed by atoms with Gasteiger partial charge in [0.25, 0.3) is 19.3 Å². The van der Waals surface area contributed by atoms with Gasteiger partial charge in [0, 0.05) is 48.9 Å². The third-order valence-corrected chi connectivity index (χ3v) is 11.3. The lowest BCUT2D eigenvalue weighted by molar-refractivity contribution is -0.230. The molecule has 3 heterocycles. The number of carbonyl (C=O) groups is 2. The molecule has 2 saturated heterocycles. The van der Waals surface area contributed by atoms with Gasteiger partial charge in [-0.3, -0.25) is 28.5 Å². The highest BCUT2D eigenvalue weighted by molar-refractivity contribution is 7.45. The number of nitrogens with one attached hydrogen (secondary N) is 2. The van der Waals surface area contributed by atoms with Crippen molar-refractivity contribution in [3.8, 4) is 23.0 Å². The maximum Gasteiger partial charge on any atom is 0.330 e. The summed E-state index contributed by atoms with van der Waals surface area (Å²) in [6.07, 6.45) is -2.82. The van der Waals surface area contributed by atoms with Crippen molar-refractivity contribution in [3.05, 3.63) is 90.2 Å². The Hall–Kier alpha value is -5.18. The monoisotopic (exact) mass is 895 g/mol. The summed E-state index contributed by atoms with van der Waals surface area (Å²) in [6.45, 7) is 1.38. The number of amides is 1. The molecule has 1 aromatic heterocycles. The van der Waals surface area contributed by atoms with E-state index < -0.39 is 86.6 Å². The predicted octanol–water partition coefficient (Wildman–Crippen LogP) is 3.57. The molecule has 0 spiro atoms. The number of phosphoric ester groups is 1. The molecule has 2 aliphatic heterocycles. The molecule has 1 unspecified atom stereocenters. The minimum atomic E-state index is -5.03. The first-order chi connectivity index (χ1) is 28.4. The highest BCUT2D eigenvalue weighted by Gasteiger charge is 2.40. The topological polar surface area (TPSA) is 279 Å². The highest BCUT2D eigenvalue weighted by atomic mass is 35.5. The van der Waals surface area contributed by atoms with Crippen LogP contribution in [-0.4, -0.2) is 87.9 Å². The van der Waals surface area contributed by atoms with Crippen molar-refractivity contribution in [3.63, 3.8) is 0 Å². The number of oxime groups is 1. The average molecular weight is 897 g/mol. The van der Waals surface area contributed by atoms with Crippen LogP contribution in [0.5, 0.6) is 23.0 Å². The van der Waals surface area contributed by atoms with E-state index in [1.165, 1.54) is 38.3 Å². The van der Waals surface area contributed by atoms with Crippen LogP contribution < -0.4 is 26.2 Å². The van der Waals surface area contributed by atoms with Crippen molar-refractivity contribution >= 4 is 59.9 Å². The normalized spacial score (nSPS) is 22.5. The van der Waals surface area contributed by atoms with Crippen LogP contribution in [-0.2, 0) is 44.0 Å². The van der Waals surface area contributed by atoms with Gasteiger partial charge in [0.1, 0.15) is 23.8 Å². The number of aromatic amines is 1. The van der Waals surface area contributed by atoms with E-state index in [9.17, 15) is 44.0 Å². The summed E-state index contributed by atoms with van der Waals surface area (Å²) in [7, 11) is -3.73. The van der Waals surface area contributed by atoms with E-state index in [1.807, 2.05) is 0 Å². The predicted molar refractivity (Wildman–Crippen MR) is 209 cm³/mol. The van der Waals surface area contributed by atoms with Crippen LogP contribution in [0.4, 0.5) is 0 Å². The second-order valence-electron chi connectivity index (χ2n) is 13.7. The molecule has 2 aliphatic rings. The first kappa shape index (κ1) is 44.4. The first-order valence-electron chi connectivity index (χ1n) is 18.0. The van der Waals surface area contributed by atoms with Gasteiger partial charge in [-0.2, -0.15) is 0 Å². The molecule has 0 aliphatic carbocycles. The van der Waals surface area contributed by atoms with E-state index in [-0.39, 0.29) is 63.4 Å². The summed E-state index contributed by atoms with van der Waals surface area (Å²) >= 11 is 12.6. The van der Waals surface area contributed by atoms with Gasteiger partial charge in [-0.1, -0.05) is 40.5 Å².